The van der Waals surface area contributed by atoms with Crippen LogP contribution in [0, 0.1) is 5.41 Å². The monoisotopic (exact) mass is 460 g/mol. The van der Waals surface area contributed by atoms with Gasteiger partial charge in [0, 0.05) is 43.8 Å². The standard InChI is InChI=1S/C18H28N4O2.HI/c1-3-19-17(21-13-18(2)8-11-23-14-18)22-10-7-15(12-22)24-16-6-4-5-9-20-16;/h4-6,9,15H,3,7-8,10-14H2,1-2H3,(H,19,21);1H. The molecule has 3 heterocycles. The van der Waals surface area contributed by atoms with Crippen molar-refractivity contribution >= 4 is 29.9 Å². The fourth-order valence-electron chi connectivity index (χ4n) is 3.13. The van der Waals surface area contributed by atoms with E-state index in [1.165, 1.54) is 0 Å². The number of rotatable bonds is 5. The summed E-state index contributed by atoms with van der Waals surface area (Å²) < 4.78 is 11.5. The number of aromatic nitrogens is 1. The lowest BCUT2D eigenvalue weighted by molar-refractivity contribution is 0.162. The van der Waals surface area contributed by atoms with Gasteiger partial charge in [0.15, 0.2) is 5.96 Å². The van der Waals surface area contributed by atoms with Gasteiger partial charge in [0.2, 0.25) is 5.88 Å². The molecule has 7 heteroatoms. The van der Waals surface area contributed by atoms with Crippen LogP contribution < -0.4 is 10.1 Å². The lowest BCUT2D eigenvalue weighted by atomic mass is 9.90. The zero-order valence-electron chi connectivity index (χ0n) is 15.1. The average molecular weight is 460 g/mol. The molecule has 1 N–H and O–H groups in total. The molecule has 2 aliphatic rings. The van der Waals surface area contributed by atoms with Gasteiger partial charge < -0.3 is 19.7 Å². The summed E-state index contributed by atoms with van der Waals surface area (Å²) >= 11 is 0. The molecule has 0 bridgehead atoms. The van der Waals surface area contributed by atoms with Crippen molar-refractivity contribution in [1.82, 2.24) is 15.2 Å². The molecule has 2 aliphatic heterocycles. The first-order valence-electron chi connectivity index (χ1n) is 8.87. The van der Waals surface area contributed by atoms with Crippen LogP contribution in [0.15, 0.2) is 29.4 Å². The summed E-state index contributed by atoms with van der Waals surface area (Å²) in [5, 5.41) is 3.41. The molecule has 25 heavy (non-hydrogen) atoms. The molecular formula is C18H29IN4O2. The number of nitrogens with zero attached hydrogens (tertiary/aromatic N) is 3. The lowest BCUT2D eigenvalue weighted by Crippen LogP contribution is -2.41. The highest BCUT2D eigenvalue weighted by molar-refractivity contribution is 14.0. The maximum Gasteiger partial charge on any atom is 0.213 e. The first kappa shape index (κ1) is 20.2. The van der Waals surface area contributed by atoms with Gasteiger partial charge in [-0.25, -0.2) is 4.98 Å². The van der Waals surface area contributed by atoms with Gasteiger partial charge in [-0.2, -0.15) is 0 Å². The molecule has 2 atom stereocenters. The van der Waals surface area contributed by atoms with Gasteiger partial charge in [0.05, 0.1) is 19.7 Å². The van der Waals surface area contributed by atoms with Crippen LogP contribution in [0.4, 0.5) is 0 Å². The zero-order valence-corrected chi connectivity index (χ0v) is 17.4. The van der Waals surface area contributed by atoms with Crippen LogP contribution in [0.3, 0.4) is 0 Å². The van der Waals surface area contributed by atoms with Crippen molar-refractivity contribution in [2.45, 2.75) is 32.8 Å². The minimum Gasteiger partial charge on any atom is -0.472 e. The van der Waals surface area contributed by atoms with Crippen LogP contribution in [-0.4, -0.2) is 61.3 Å². The molecular weight excluding hydrogens is 431 g/mol. The first-order valence-corrected chi connectivity index (χ1v) is 8.87. The Morgan fingerprint density at radius 3 is 3.08 bits per heavy atom. The number of nitrogens with one attached hydrogen (secondary N) is 1. The third-order valence-corrected chi connectivity index (χ3v) is 4.62. The van der Waals surface area contributed by atoms with Crippen molar-refractivity contribution < 1.29 is 9.47 Å². The number of pyridine rings is 1. The molecule has 2 fully saturated rings. The number of halogens is 1. The molecule has 3 rings (SSSR count). The van der Waals surface area contributed by atoms with E-state index in [1.54, 1.807) is 6.20 Å². The van der Waals surface area contributed by atoms with Gasteiger partial charge >= 0.3 is 0 Å². The second-order valence-electron chi connectivity index (χ2n) is 6.93. The van der Waals surface area contributed by atoms with E-state index in [2.05, 4.69) is 29.0 Å². The van der Waals surface area contributed by atoms with Crippen LogP contribution >= 0.6 is 24.0 Å². The molecule has 0 radical (unpaired) electrons. The number of hydrogen-bond acceptors (Lipinski definition) is 4. The SMILES string of the molecule is CCNC(=NCC1(C)CCOC1)N1CCC(Oc2ccccn2)C1.I. The summed E-state index contributed by atoms with van der Waals surface area (Å²) in [6.07, 6.45) is 4.00. The van der Waals surface area contributed by atoms with E-state index in [1.807, 2.05) is 18.2 Å². The fourth-order valence-corrected chi connectivity index (χ4v) is 3.13. The van der Waals surface area contributed by atoms with Gasteiger partial charge in [-0.1, -0.05) is 13.0 Å². The van der Waals surface area contributed by atoms with E-state index in [9.17, 15) is 0 Å². The molecule has 0 amide bonds. The number of likely N-dealkylation sites (tertiary alicyclic amines) is 1. The van der Waals surface area contributed by atoms with Crippen molar-refractivity contribution in [3.05, 3.63) is 24.4 Å². The first-order chi connectivity index (χ1) is 11.7. The Hall–Kier alpha value is -1.09. The Labute approximate surface area is 167 Å². The largest absolute Gasteiger partial charge is 0.472 e. The van der Waals surface area contributed by atoms with Gasteiger partial charge in [-0.05, 0) is 19.4 Å². The molecule has 2 saturated heterocycles. The molecule has 2 unspecified atom stereocenters. The number of ether oxygens (including phenoxy) is 2. The van der Waals surface area contributed by atoms with Gasteiger partial charge in [-0.15, -0.1) is 24.0 Å². The third-order valence-electron chi connectivity index (χ3n) is 4.62. The molecule has 0 saturated carbocycles. The topological polar surface area (TPSA) is 59.0 Å². The summed E-state index contributed by atoms with van der Waals surface area (Å²) in [5.41, 5.74) is 0.171. The average Bonchev–Trinajstić information content (AvgIpc) is 3.22. The highest BCUT2D eigenvalue weighted by atomic mass is 127. The van der Waals surface area contributed by atoms with E-state index in [0.717, 1.165) is 58.2 Å². The van der Waals surface area contributed by atoms with Crippen LogP contribution in [0.1, 0.15) is 26.7 Å². The molecule has 1 aromatic rings. The molecule has 0 spiro atoms. The van der Waals surface area contributed by atoms with Crippen LogP contribution in [0.5, 0.6) is 5.88 Å². The summed E-state index contributed by atoms with van der Waals surface area (Å²) in [4.78, 5) is 11.4. The van der Waals surface area contributed by atoms with E-state index in [0.29, 0.717) is 5.88 Å². The molecule has 1 aromatic heterocycles. The minimum atomic E-state index is 0. The Balaban J connectivity index is 0.00000225. The number of aliphatic imine (C=N–C) groups is 1. The Morgan fingerprint density at radius 1 is 1.52 bits per heavy atom. The summed E-state index contributed by atoms with van der Waals surface area (Å²) in [7, 11) is 0. The Kier molecular flexibility index (Phi) is 7.74. The molecule has 0 aromatic carbocycles. The Morgan fingerprint density at radius 2 is 2.40 bits per heavy atom. The van der Waals surface area contributed by atoms with E-state index >= 15 is 0 Å². The summed E-state index contributed by atoms with van der Waals surface area (Å²) in [6, 6.07) is 5.75. The molecule has 140 valence electrons. The van der Waals surface area contributed by atoms with E-state index in [4.69, 9.17) is 14.5 Å². The van der Waals surface area contributed by atoms with Crippen molar-refractivity contribution in [3.63, 3.8) is 0 Å². The maximum atomic E-state index is 5.98. The van der Waals surface area contributed by atoms with Crippen molar-refractivity contribution in [2.24, 2.45) is 10.4 Å². The Bertz CT molecular complexity index is 549. The van der Waals surface area contributed by atoms with Gasteiger partial charge in [0.1, 0.15) is 6.10 Å². The van der Waals surface area contributed by atoms with Gasteiger partial charge in [-0.3, -0.25) is 4.99 Å². The highest BCUT2D eigenvalue weighted by Gasteiger charge is 2.31. The second kappa shape index (κ2) is 9.56. The van der Waals surface area contributed by atoms with E-state index < -0.39 is 0 Å². The normalized spacial score (nSPS) is 26.4. The van der Waals surface area contributed by atoms with E-state index in [-0.39, 0.29) is 35.5 Å². The quantitative estimate of drug-likeness (QED) is 0.416. The summed E-state index contributed by atoms with van der Waals surface area (Å²) in [6.45, 7) is 9.49. The highest BCUT2D eigenvalue weighted by Crippen LogP contribution is 2.28. The number of hydrogen-bond donors (Lipinski definition) is 1. The fraction of sp³-hybridized carbons (Fsp3) is 0.667. The third kappa shape index (κ3) is 5.70. The van der Waals surface area contributed by atoms with Crippen LogP contribution in [0.25, 0.3) is 0 Å². The summed E-state index contributed by atoms with van der Waals surface area (Å²) in [5.74, 6) is 1.68. The maximum absolute atomic E-state index is 5.98. The zero-order chi connectivity index (χ0) is 16.8. The lowest BCUT2D eigenvalue weighted by Gasteiger charge is -2.24. The number of guanidine groups is 1. The second-order valence-corrected chi connectivity index (χ2v) is 6.93. The van der Waals surface area contributed by atoms with Crippen LogP contribution in [0.2, 0.25) is 0 Å². The van der Waals surface area contributed by atoms with Crippen molar-refractivity contribution in [3.8, 4) is 5.88 Å². The molecule has 0 aliphatic carbocycles. The van der Waals surface area contributed by atoms with Crippen molar-refractivity contribution in [1.29, 1.82) is 0 Å². The smallest absolute Gasteiger partial charge is 0.213 e. The van der Waals surface area contributed by atoms with Gasteiger partial charge in [0.25, 0.3) is 0 Å². The predicted octanol–water partition coefficient (Wildman–Crippen LogP) is 2.54. The molecule has 6 nitrogen and oxygen atoms in total. The van der Waals surface area contributed by atoms with Crippen molar-refractivity contribution in [2.75, 3.05) is 39.4 Å². The minimum absolute atomic E-state index is 0. The van der Waals surface area contributed by atoms with Crippen LogP contribution in [-0.2, 0) is 4.74 Å². The predicted molar refractivity (Wildman–Crippen MR) is 110 cm³/mol.